The van der Waals surface area contributed by atoms with Crippen molar-refractivity contribution in [1.29, 1.82) is 5.26 Å². The van der Waals surface area contributed by atoms with E-state index in [1.165, 1.54) is 24.3 Å². The van der Waals surface area contributed by atoms with Gasteiger partial charge in [0.15, 0.2) is 5.78 Å². The topological polar surface area (TPSA) is 40.9 Å². The van der Waals surface area contributed by atoms with E-state index in [1.54, 1.807) is 6.92 Å². The molecule has 0 aliphatic rings. The molecule has 0 saturated carbocycles. The third-order valence-corrected chi connectivity index (χ3v) is 2.17. The van der Waals surface area contributed by atoms with Gasteiger partial charge in [0.2, 0.25) is 0 Å². The molecule has 2 nitrogen and oxygen atoms in total. The van der Waals surface area contributed by atoms with Gasteiger partial charge in [-0.05, 0) is 13.0 Å². The molecule has 0 N–H and O–H groups in total. The summed E-state index contributed by atoms with van der Waals surface area (Å²) >= 11 is 0. The van der Waals surface area contributed by atoms with Crippen LogP contribution in [-0.2, 0) is 0 Å². The monoisotopic (exact) mass is 223 g/mol. The molecule has 84 valence electrons. The fourth-order valence-electron chi connectivity index (χ4n) is 1.29. The van der Waals surface area contributed by atoms with E-state index in [0.29, 0.717) is 0 Å². The lowest BCUT2D eigenvalue weighted by Gasteiger charge is -2.04. The predicted octanol–water partition coefficient (Wildman–Crippen LogP) is 3.36. The highest BCUT2D eigenvalue weighted by molar-refractivity contribution is 5.96. The van der Waals surface area contributed by atoms with Crippen molar-refractivity contribution in [3.63, 3.8) is 0 Å². The van der Waals surface area contributed by atoms with Gasteiger partial charge in [-0.15, -0.1) is 0 Å². The molecular formula is C12H11F2NO. The summed E-state index contributed by atoms with van der Waals surface area (Å²) in [6.45, 7) is 1.62. The van der Waals surface area contributed by atoms with Crippen LogP contribution in [0.2, 0.25) is 0 Å². The molecule has 1 aromatic carbocycles. The molecule has 0 aliphatic carbocycles. The molecule has 1 aromatic rings. The van der Waals surface area contributed by atoms with E-state index >= 15 is 0 Å². The summed E-state index contributed by atoms with van der Waals surface area (Å²) in [4.78, 5) is 11.6. The van der Waals surface area contributed by atoms with Crippen LogP contribution in [-0.4, -0.2) is 5.78 Å². The minimum Gasteiger partial charge on any atom is -0.294 e. The summed E-state index contributed by atoms with van der Waals surface area (Å²) in [7, 11) is 0. The molecule has 16 heavy (non-hydrogen) atoms. The molecular weight excluding hydrogens is 212 g/mol. The fraction of sp³-hybridized carbons (Fsp3) is 0.333. The van der Waals surface area contributed by atoms with E-state index in [0.717, 1.165) is 0 Å². The Labute approximate surface area is 92.5 Å². The quantitative estimate of drug-likeness (QED) is 0.734. The Morgan fingerprint density at radius 3 is 2.75 bits per heavy atom. The molecule has 0 aliphatic heterocycles. The second-order valence-corrected chi connectivity index (χ2v) is 3.58. The van der Waals surface area contributed by atoms with Crippen molar-refractivity contribution >= 4 is 5.78 Å². The van der Waals surface area contributed by atoms with Gasteiger partial charge in [-0.2, -0.15) is 5.26 Å². The highest BCUT2D eigenvalue weighted by Gasteiger charge is 2.13. The van der Waals surface area contributed by atoms with E-state index in [4.69, 9.17) is 5.26 Å². The van der Waals surface area contributed by atoms with Gasteiger partial charge in [-0.1, -0.05) is 18.2 Å². The molecule has 0 heterocycles. The molecule has 0 bridgehead atoms. The van der Waals surface area contributed by atoms with Crippen LogP contribution in [0.15, 0.2) is 24.3 Å². The van der Waals surface area contributed by atoms with Gasteiger partial charge in [0.1, 0.15) is 0 Å². The van der Waals surface area contributed by atoms with E-state index in [-0.39, 0.29) is 23.3 Å². The molecule has 0 radical (unpaired) electrons. The molecule has 0 spiro atoms. The number of hydrogen-bond acceptors (Lipinski definition) is 2. The second kappa shape index (κ2) is 5.36. The highest BCUT2D eigenvalue weighted by atomic mass is 19.3. The summed E-state index contributed by atoms with van der Waals surface area (Å²) in [5.74, 6) is -0.681. The van der Waals surface area contributed by atoms with Gasteiger partial charge < -0.3 is 0 Å². The first-order valence-electron chi connectivity index (χ1n) is 4.85. The number of alkyl halides is 2. The number of nitrogens with zero attached hydrogens (tertiary/aromatic N) is 1. The number of ketones is 1. The lowest BCUT2D eigenvalue weighted by molar-refractivity contribution is 0.0972. The SMILES string of the molecule is CC(C#N)CC(=O)c1cccc(C(F)F)c1. The lowest BCUT2D eigenvalue weighted by atomic mass is 9.99. The standard InChI is InChI=1S/C12H11F2NO/c1-8(7-15)5-11(16)9-3-2-4-10(6-9)12(13)14/h2-4,6,8,12H,5H2,1H3. The molecule has 0 saturated heterocycles. The number of hydrogen-bond donors (Lipinski definition) is 0. The normalized spacial score (nSPS) is 12.2. The number of carbonyl (C=O) groups is 1. The van der Waals surface area contributed by atoms with Gasteiger partial charge in [0.25, 0.3) is 6.43 Å². The summed E-state index contributed by atoms with van der Waals surface area (Å²) in [5, 5.41) is 8.55. The van der Waals surface area contributed by atoms with E-state index in [1.807, 2.05) is 6.07 Å². The molecule has 0 amide bonds. The number of rotatable bonds is 4. The largest absolute Gasteiger partial charge is 0.294 e. The van der Waals surface area contributed by atoms with E-state index in [9.17, 15) is 13.6 Å². The lowest BCUT2D eigenvalue weighted by Crippen LogP contribution is -2.05. The van der Waals surface area contributed by atoms with Crippen molar-refractivity contribution in [3.8, 4) is 6.07 Å². The molecule has 1 rings (SSSR count). The maximum absolute atomic E-state index is 12.4. The fourth-order valence-corrected chi connectivity index (χ4v) is 1.29. The zero-order valence-corrected chi connectivity index (χ0v) is 8.78. The van der Waals surface area contributed by atoms with Crippen LogP contribution in [0.4, 0.5) is 8.78 Å². The summed E-state index contributed by atoms with van der Waals surface area (Å²) in [6.07, 6.45) is -2.52. The van der Waals surface area contributed by atoms with Crippen LogP contribution in [0, 0.1) is 17.2 Å². The van der Waals surface area contributed by atoms with Crippen LogP contribution in [0.25, 0.3) is 0 Å². The Morgan fingerprint density at radius 2 is 2.19 bits per heavy atom. The summed E-state index contributed by atoms with van der Waals surface area (Å²) in [6, 6.07) is 7.29. The van der Waals surface area contributed by atoms with Crippen LogP contribution in [0.1, 0.15) is 35.7 Å². The minimum absolute atomic E-state index is 0.0587. The van der Waals surface area contributed by atoms with Gasteiger partial charge in [-0.3, -0.25) is 4.79 Å². The molecule has 1 atom stereocenters. The van der Waals surface area contributed by atoms with Crippen molar-refractivity contribution in [3.05, 3.63) is 35.4 Å². The number of halogens is 2. The third-order valence-electron chi connectivity index (χ3n) is 2.17. The van der Waals surface area contributed by atoms with Crippen molar-refractivity contribution < 1.29 is 13.6 Å². The van der Waals surface area contributed by atoms with Crippen molar-refractivity contribution in [2.75, 3.05) is 0 Å². The van der Waals surface area contributed by atoms with Crippen molar-refractivity contribution in [1.82, 2.24) is 0 Å². The smallest absolute Gasteiger partial charge is 0.263 e. The zero-order valence-electron chi connectivity index (χ0n) is 8.78. The average molecular weight is 223 g/mol. The van der Waals surface area contributed by atoms with E-state index in [2.05, 4.69) is 0 Å². The summed E-state index contributed by atoms with van der Waals surface area (Å²) < 4.78 is 24.8. The van der Waals surface area contributed by atoms with Gasteiger partial charge in [0.05, 0.1) is 12.0 Å². The second-order valence-electron chi connectivity index (χ2n) is 3.58. The number of Topliss-reactive ketones (excluding diaryl/α,β-unsaturated/α-hetero) is 1. The zero-order chi connectivity index (χ0) is 12.1. The highest BCUT2D eigenvalue weighted by Crippen LogP contribution is 2.20. The maximum Gasteiger partial charge on any atom is 0.263 e. The first-order valence-corrected chi connectivity index (χ1v) is 4.85. The van der Waals surface area contributed by atoms with Crippen molar-refractivity contribution in [2.45, 2.75) is 19.8 Å². The van der Waals surface area contributed by atoms with Crippen LogP contribution in [0.5, 0.6) is 0 Å². The van der Waals surface area contributed by atoms with Crippen LogP contribution < -0.4 is 0 Å². The number of benzene rings is 1. The Balaban J connectivity index is 2.84. The number of carbonyl (C=O) groups excluding carboxylic acids is 1. The first kappa shape index (κ1) is 12.3. The van der Waals surface area contributed by atoms with E-state index < -0.39 is 12.3 Å². The minimum atomic E-state index is -2.58. The maximum atomic E-state index is 12.4. The molecule has 1 unspecified atom stereocenters. The van der Waals surface area contributed by atoms with Crippen molar-refractivity contribution in [2.24, 2.45) is 5.92 Å². The van der Waals surface area contributed by atoms with Gasteiger partial charge in [0, 0.05) is 17.5 Å². The van der Waals surface area contributed by atoms with Gasteiger partial charge >= 0.3 is 0 Å². The molecule has 0 fully saturated rings. The first-order chi connectivity index (χ1) is 7.54. The molecule has 4 heteroatoms. The molecule has 0 aromatic heterocycles. The number of nitriles is 1. The Hall–Kier alpha value is -1.76. The summed E-state index contributed by atoms with van der Waals surface area (Å²) in [5.41, 5.74) is 0.0651. The Kier molecular flexibility index (Phi) is 4.12. The Morgan fingerprint density at radius 1 is 1.50 bits per heavy atom. The van der Waals surface area contributed by atoms with Crippen LogP contribution in [0.3, 0.4) is 0 Å². The predicted molar refractivity (Wildman–Crippen MR) is 55.1 cm³/mol. The Bertz CT molecular complexity index is 423. The van der Waals surface area contributed by atoms with Gasteiger partial charge in [-0.25, -0.2) is 8.78 Å². The third kappa shape index (κ3) is 3.13. The average Bonchev–Trinajstić information content (AvgIpc) is 2.28. The van der Waals surface area contributed by atoms with Crippen LogP contribution >= 0.6 is 0 Å².